The molecule has 1 aromatic heterocycles. The van der Waals surface area contributed by atoms with E-state index in [1.165, 1.54) is 5.56 Å². The molecule has 0 aliphatic heterocycles. The number of likely N-dealkylation sites (N-methyl/N-ethyl adjacent to an activating group) is 1. The topological polar surface area (TPSA) is 33.2 Å². The minimum Gasteiger partial charge on any atom is -0.340 e. The highest BCUT2D eigenvalue weighted by atomic mass is 16.2. The van der Waals surface area contributed by atoms with E-state index in [1.54, 1.807) is 6.20 Å². The van der Waals surface area contributed by atoms with Crippen LogP contribution in [0, 0.1) is 0 Å². The van der Waals surface area contributed by atoms with E-state index in [9.17, 15) is 4.79 Å². The number of carbonyl (C=O) groups excluding carboxylic acids is 1. The molecule has 0 saturated carbocycles. The molecule has 0 radical (unpaired) electrons. The molecule has 2 rings (SSSR count). The first kappa shape index (κ1) is 18.2. The van der Waals surface area contributed by atoms with Crippen LogP contribution in [0.5, 0.6) is 0 Å². The van der Waals surface area contributed by atoms with Crippen LogP contribution in [0.4, 0.5) is 0 Å². The Morgan fingerprint density at radius 2 is 1.71 bits per heavy atom. The van der Waals surface area contributed by atoms with Gasteiger partial charge >= 0.3 is 0 Å². The van der Waals surface area contributed by atoms with Crippen LogP contribution in [0.15, 0.2) is 54.9 Å². The predicted molar refractivity (Wildman–Crippen MR) is 99.0 cm³/mol. The summed E-state index contributed by atoms with van der Waals surface area (Å²) in [4.78, 5) is 19.6. The van der Waals surface area contributed by atoms with E-state index in [0.29, 0.717) is 0 Å². The Balaban J connectivity index is 2.48. The molecule has 0 aliphatic rings. The zero-order valence-electron chi connectivity index (χ0n) is 15.1. The minimum absolute atomic E-state index is 0.149. The third-order valence-electron chi connectivity index (χ3n) is 4.63. The second-order valence-electron chi connectivity index (χ2n) is 6.41. The lowest BCUT2D eigenvalue weighted by molar-refractivity contribution is -0.135. The van der Waals surface area contributed by atoms with Gasteiger partial charge in [0, 0.05) is 25.0 Å². The third kappa shape index (κ3) is 4.02. The van der Waals surface area contributed by atoms with Gasteiger partial charge in [0.15, 0.2) is 0 Å². The van der Waals surface area contributed by atoms with Gasteiger partial charge in [0.05, 0.1) is 5.92 Å². The molecule has 1 aromatic carbocycles. The van der Waals surface area contributed by atoms with E-state index in [-0.39, 0.29) is 23.8 Å². The Kier molecular flexibility index (Phi) is 6.53. The fraction of sp³-hybridized carbons (Fsp3) is 0.429. The van der Waals surface area contributed by atoms with Gasteiger partial charge in [0.1, 0.15) is 0 Å². The fourth-order valence-electron chi connectivity index (χ4n) is 3.43. The molecule has 0 spiro atoms. The number of hydrogen-bond acceptors (Lipinski definition) is 2. The average molecular weight is 324 g/mol. The lowest BCUT2D eigenvalue weighted by Crippen LogP contribution is -2.41. The Morgan fingerprint density at radius 3 is 2.21 bits per heavy atom. The zero-order valence-corrected chi connectivity index (χ0v) is 15.1. The molecule has 0 N–H and O–H groups in total. The van der Waals surface area contributed by atoms with Crippen molar-refractivity contribution in [2.45, 2.75) is 52.0 Å². The fourth-order valence-corrected chi connectivity index (χ4v) is 3.43. The molecule has 3 nitrogen and oxygen atoms in total. The maximum atomic E-state index is 13.4. The first-order valence-corrected chi connectivity index (χ1v) is 8.85. The Morgan fingerprint density at radius 1 is 1.04 bits per heavy atom. The third-order valence-corrected chi connectivity index (χ3v) is 4.63. The molecular weight excluding hydrogens is 296 g/mol. The molecule has 2 aromatic rings. The molecule has 0 aliphatic carbocycles. The lowest BCUT2D eigenvalue weighted by Gasteiger charge is -2.33. The summed E-state index contributed by atoms with van der Waals surface area (Å²) in [6.07, 6.45) is 4.50. The quantitative estimate of drug-likeness (QED) is 0.745. The number of nitrogens with zero attached hydrogens (tertiary/aromatic N) is 2. The molecule has 24 heavy (non-hydrogen) atoms. The van der Waals surface area contributed by atoms with Crippen LogP contribution in [-0.4, -0.2) is 28.4 Å². The van der Waals surface area contributed by atoms with Crippen LogP contribution in [0.1, 0.15) is 57.1 Å². The molecular formula is C21H28N2O. The van der Waals surface area contributed by atoms with E-state index < -0.39 is 0 Å². The molecule has 0 bridgehead atoms. The Hall–Kier alpha value is -2.16. The van der Waals surface area contributed by atoms with E-state index in [0.717, 1.165) is 18.5 Å². The number of amides is 1. The second kappa shape index (κ2) is 8.62. The summed E-state index contributed by atoms with van der Waals surface area (Å²) in [6.45, 7) is 9.07. The van der Waals surface area contributed by atoms with Crippen molar-refractivity contribution in [3.8, 4) is 0 Å². The molecule has 128 valence electrons. The summed E-state index contributed by atoms with van der Waals surface area (Å²) in [5.41, 5.74) is 2.21. The summed E-state index contributed by atoms with van der Waals surface area (Å²) < 4.78 is 0. The number of hydrogen-bond donors (Lipinski definition) is 0. The van der Waals surface area contributed by atoms with E-state index in [1.807, 2.05) is 48.4 Å². The van der Waals surface area contributed by atoms with Gasteiger partial charge in [-0.2, -0.15) is 0 Å². The number of pyridine rings is 1. The summed E-state index contributed by atoms with van der Waals surface area (Å²) >= 11 is 0. The van der Waals surface area contributed by atoms with Gasteiger partial charge in [-0.3, -0.25) is 9.78 Å². The molecule has 1 amide bonds. The SMILES string of the molecule is CCC(c1ccccc1)C(C(=O)N(CC)C(C)C)c1cccnc1. The average Bonchev–Trinajstić information content (AvgIpc) is 2.61. The summed E-state index contributed by atoms with van der Waals surface area (Å²) in [5, 5.41) is 0. The number of benzene rings is 1. The van der Waals surface area contributed by atoms with Gasteiger partial charge in [0.25, 0.3) is 0 Å². The van der Waals surface area contributed by atoms with Gasteiger partial charge in [-0.05, 0) is 50.3 Å². The van der Waals surface area contributed by atoms with Crippen LogP contribution in [0.25, 0.3) is 0 Å². The van der Waals surface area contributed by atoms with Crippen LogP contribution in [0.3, 0.4) is 0 Å². The highest BCUT2D eigenvalue weighted by molar-refractivity contribution is 5.85. The Labute approximate surface area is 145 Å². The summed E-state index contributed by atoms with van der Waals surface area (Å²) in [6, 6.07) is 14.5. The van der Waals surface area contributed by atoms with Crippen molar-refractivity contribution in [2.24, 2.45) is 0 Å². The van der Waals surface area contributed by atoms with Crippen molar-refractivity contribution in [2.75, 3.05) is 6.54 Å². The van der Waals surface area contributed by atoms with Crippen molar-refractivity contribution in [1.29, 1.82) is 0 Å². The van der Waals surface area contributed by atoms with Gasteiger partial charge in [-0.15, -0.1) is 0 Å². The normalized spacial score (nSPS) is 13.5. The minimum atomic E-state index is -0.201. The maximum absolute atomic E-state index is 13.4. The van der Waals surface area contributed by atoms with Crippen molar-refractivity contribution in [3.63, 3.8) is 0 Å². The first-order chi connectivity index (χ1) is 11.6. The van der Waals surface area contributed by atoms with E-state index in [4.69, 9.17) is 0 Å². The lowest BCUT2D eigenvalue weighted by atomic mass is 9.79. The summed E-state index contributed by atoms with van der Waals surface area (Å²) in [5.74, 6) is 0.139. The predicted octanol–water partition coefficient (Wildman–Crippen LogP) is 4.62. The Bertz CT molecular complexity index is 625. The van der Waals surface area contributed by atoms with Crippen LogP contribution < -0.4 is 0 Å². The van der Waals surface area contributed by atoms with Crippen molar-refractivity contribution >= 4 is 5.91 Å². The number of carbonyl (C=O) groups is 1. The smallest absolute Gasteiger partial charge is 0.231 e. The van der Waals surface area contributed by atoms with Crippen LogP contribution >= 0.6 is 0 Å². The van der Waals surface area contributed by atoms with E-state index in [2.05, 4.69) is 37.9 Å². The van der Waals surface area contributed by atoms with Crippen molar-refractivity contribution < 1.29 is 4.79 Å². The van der Waals surface area contributed by atoms with Gasteiger partial charge in [0.2, 0.25) is 5.91 Å². The van der Waals surface area contributed by atoms with Crippen LogP contribution in [-0.2, 0) is 4.79 Å². The molecule has 2 unspecified atom stereocenters. The second-order valence-corrected chi connectivity index (χ2v) is 6.41. The maximum Gasteiger partial charge on any atom is 0.231 e. The number of rotatable bonds is 7. The first-order valence-electron chi connectivity index (χ1n) is 8.85. The molecule has 1 heterocycles. The van der Waals surface area contributed by atoms with Crippen LogP contribution in [0.2, 0.25) is 0 Å². The molecule has 2 atom stereocenters. The molecule has 0 fully saturated rings. The zero-order chi connectivity index (χ0) is 17.5. The summed E-state index contributed by atoms with van der Waals surface area (Å²) in [7, 11) is 0. The molecule has 3 heteroatoms. The highest BCUT2D eigenvalue weighted by Gasteiger charge is 2.33. The standard InChI is InChI=1S/C21H28N2O/c1-5-19(17-11-8-7-9-12-17)20(18-13-10-14-22-15-18)21(24)23(6-2)16(3)4/h7-16,19-20H,5-6H2,1-4H3. The van der Waals surface area contributed by atoms with Crippen molar-refractivity contribution in [1.82, 2.24) is 9.88 Å². The van der Waals surface area contributed by atoms with Crippen molar-refractivity contribution in [3.05, 3.63) is 66.0 Å². The van der Waals surface area contributed by atoms with Gasteiger partial charge < -0.3 is 4.90 Å². The van der Waals surface area contributed by atoms with E-state index >= 15 is 0 Å². The van der Waals surface area contributed by atoms with Gasteiger partial charge in [-0.1, -0.05) is 43.3 Å². The monoisotopic (exact) mass is 324 g/mol. The largest absolute Gasteiger partial charge is 0.340 e. The van der Waals surface area contributed by atoms with Gasteiger partial charge in [-0.25, -0.2) is 0 Å². The number of aromatic nitrogens is 1. The molecule has 0 saturated heterocycles. The highest BCUT2D eigenvalue weighted by Crippen LogP contribution is 2.37.